The Hall–Kier alpha value is -0.450. The molecule has 0 bridgehead atoms. The molecule has 1 atom stereocenters. The Morgan fingerprint density at radius 2 is 2.31 bits per heavy atom. The van der Waals surface area contributed by atoms with Gasteiger partial charge in [-0.25, -0.2) is 0 Å². The fraction of sp³-hybridized carbons (Fsp3) is 0.583. The first-order chi connectivity index (χ1) is 7.79. The SMILES string of the molecule is OCC1CCCCN1Cc1ccc(Br)cn1. The van der Waals surface area contributed by atoms with Gasteiger partial charge in [-0.05, 0) is 47.4 Å². The van der Waals surface area contributed by atoms with Gasteiger partial charge >= 0.3 is 0 Å². The third-order valence-electron chi connectivity index (χ3n) is 3.11. The summed E-state index contributed by atoms with van der Waals surface area (Å²) in [7, 11) is 0. The summed E-state index contributed by atoms with van der Waals surface area (Å²) in [5.41, 5.74) is 1.07. The van der Waals surface area contributed by atoms with Gasteiger partial charge in [0, 0.05) is 23.3 Å². The van der Waals surface area contributed by atoms with E-state index in [2.05, 4.69) is 25.8 Å². The third-order valence-corrected chi connectivity index (χ3v) is 3.58. The standard InChI is InChI=1S/C12H17BrN2O/c13-10-4-5-11(14-7-10)8-15-6-2-1-3-12(15)9-16/h4-5,7,12,16H,1-3,6,8-9H2. The second-order valence-corrected chi connectivity index (χ2v) is 5.19. The minimum absolute atomic E-state index is 0.260. The van der Waals surface area contributed by atoms with Crippen LogP contribution in [-0.4, -0.2) is 34.2 Å². The van der Waals surface area contributed by atoms with Crippen LogP contribution in [0.25, 0.3) is 0 Å². The van der Waals surface area contributed by atoms with E-state index < -0.39 is 0 Å². The van der Waals surface area contributed by atoms with Gasteiger partial charge in [0.15, 0.2) is 0 Å². The lowest BCUT2D eigenvalue weighted by atomic mass is 10.0. The summed E-state index contributed by atoms with van der Waals surface area (Å²) in [5.74, 6) is 0. The molecule has 88 valence electrons. The fourth-order valence-electron chi connectivity index (χ4n) is 2.18. The number of rotatable bonds is 3. The average molecular weight is 285 g/mol. The number of likely N-dealkylation sites (tertiary alicyclic amines) is 1. The fourth-order valence-corrected chi connectivity index (χ4v) is 2.42. The van der Waals surface area contributed by atoms with Crippen LogP contribution in [0, 0.1) is 0 Å². The van der Waals surface area contributed by atoms with Crippen molar-refractivity contribution in [3.63, 3.8) is 0 Å². The van der Waals surface area contributed by atoms with Gasteiger partial charge in [-0.15, -0.1) is 0 Å². The van der Waals surface area contributed by atoms with E-state index in [1.165, 1.54) is 12.8 Å². The third kappa shape index (κ3) is 3.03. The summed E-state index contributed by atoms with van der Waals surface area (Å²) in [5, 5.41) is 9.31. The van der Waals surface area contributed by atoms with E-state index in [-0.39, 0.29) is 6.61 Å². The zero-order valence-electron chi connectivity index (χ0n) is 9.27. The molecule has 3 nitrogen and oxygen atoms in total. The van der Waals surface area contributed by atoms with E-state index in [1.807, 2.05) is 18.3 Å². The average Bonchev–Trinajstić information content (AvgIpc) is 2.33. The second-order valence-electron chi connectivity index (χ2n) is 4.27. The van der Waals surface area contributed by atoms with E-state index in [0.717, 1.165) is 29.7 Å². The van der Waals surface area contributed by atoms with Crippen molar-refractivity contribution in [1.29, 1.82) is 0 Å². The van der Waals surface area contributed by atoms with Gasteiger partial charge in [0.25, 0.3) is 0 Å². The number of nitrogens with zero attached hydrogens (tertiary/aromatic N) is 2. The molecule has 2 rings (SSSR count). The molecular weight excluding hydrogens is 268 g/mol. The topological polar surface area (TPSA) is 36.4 Å². The lowest BCUT2D eigenvalue weighted by molar-refractivity contribution is 0.0831. The van der Waals surface area contributed by atoms with Crippen LogP contribution < -0.4 is 0 Å². The van der Waals surface area contributed by atoms with Crippen LogP contribution in [0.2, 0.25) is 0 Å². The summed E-state index contributed by atoms with van der Waals surface area (Å²) >= 11 is 3.38. The van der Waals surface area contributed by atoms with Crippen molar-refractivity contribution in [3.05, 3.63) is 28.5 Å². The Balaban J connectivity index is 1.99. The molecule has 2 heterocycles. The second kappa shape index (κ2) is 5.75. The molecule has 0 spiro atoms. The zero-order chi connectivity index (χ0) is 11.4. The zero-order valence-corrected chi connectivity index (χ0v) is 10.9. The first kappa shape index (κ1) is 12.0. The van der Waals surface area contributed by atoms with Crippen LogP contribution in [0.3, 0.4) is 0 Å². The monoisotopic (exact) mass is 284 g/mol. The van der Waals surface area contributed by atoms with Crippen molar-refractivity contribution in [3.8, 4) is 0 Å². The lowest BCUT2D eigenvalue weighted by Gasteiger charge is -2.34. The van der Waals surface area contributed by atoms with Gasteiger partial charge in [-0.1, -0.05) is 6.42 Å². The largest absolute Gasteiger partial charge is 0.395 e. The molecule has 1 aromatic heterocycles. The highest BCUT2D eigenvalue weighted by molar-refractivity contribution is 9.10. The number of aliphatic hydroxyl groups excluding tert-OH is 1. The number of hydrogen-bond acceptors (Lipinski definition) is 3. The highest BCUT2D eigenvalue weighted by atomic mass is 79.9. The van der Waals surface area contributed by atoms with Crippen molar-refractivity contribution in [1.82, 2.24) is 9.88 Å². The quantitative estimate of drug-likeness (QED) is 0.925. The molecule has 0 saturated carbocycles. The van der Waals surface area contributed by atoms with E-state index in [4.69, 9.17) is 0 Å². The number of halogens is 1. The molecule has 1 N–H and O–H groups in total. The summed E-state index contributed by atoms with van der Waals surface area (Å²) in [6, 6.07) is 4.37. The van der Waals surface area contributed by atoms with Crippen LogP contribution >= 0.6 is 15.9 Å². The molecule has 1 saturated heterocycles. The Kier molecular flexibility index (Phi) is 4.32. The van der Waals surface area contributed by atoms with Crippen LogP contribution in [0.4, 0.5) is 0 Å². The van der Waals surface area contributed by atoms with Gasteiger partial charge in [-0.3, -0.25) is 9.88 Å². The van der Waals surface area contributed by atoms with Crippen LogP contribution in [0.15, 0.2) is 22.8 Å². The maximum Gasteiger partial charge on any atom is 0.0587 e. The van der Waals surface area contributed by atoms with Crippen molar-refractivity contribution in [2.45, 2.75) is 31.8 Å². The van der Waals surface area contributed by atoms with Crippen molar-refractivity contribution in [2.24, 2.45) is 0 Å². The number of aromatic nitrogens is 1. The predicted molar refractivity (Wildman–Crippen MR) is 67.1 cm³/mol. The molecule has 0 aliphatic carbocycles. The molecular formula is C12H17BrN2O. The molecule has 16 heavy (non-hydrogen) atoms. The Morgan fingerprint density at radius 1 is 1.44 bits per heavy atom. The Labute approximate surface area is 105 Å². The first-order valence-electron chi connectivity index (χ1n) is 5.75. The molecule has 0 amide bonds. The Bertz CT molecular complexity index is 328. The lowest BCUT2D eigenvalue weighted by Crippen LogP contribution is -2.41. The number of aliphatic hydroxyl groups is 1. The highest BCUT2D eigenvalue weighted by Crippen LogP contribution is 2.19. The van der Waals surface area contributed by atoms with Crippen molar-refractivity contribution >= 4 is 15.9 Å². The minimum Gasteiger partial charge on any atom is -0.395 e. The molecule has 1 aromatic rings. The molecule has 1 unspecified atom stereocenters. The highest BCUT2D eigenvalue weighted by Gasteiger charge is 2.21. The summed E-state index contributed by atoms with van der Waals surface area (Å²) < 4.78 is 1.01. The maximum atomic E-state index is 9.31. The summed E-state index contributed by atoms with van der Waals surface area (Å²) in [6.45, 7) is 2.18. The van der Waals surface area contributed by atoms with Gasteiger partial charge < -0.3 is 5.11 Å². The van der Waals surface area contributed by atoms with E-state index >= 15 is 0 Å². The normalized spacial score (nSPS) is 22.2. The molecule has 4 heteroatoms. The van der Waals surface area contributed by atoms with Crippen LogP contribution in [0.5, 0.6) is 0 Å². The van der Waals surface area contributed by atoms with Gasteiger partial charge in [0.2, 0.25) is 0 Å². The van der Waals surface area contributed by atoms with Gasteiger partial charge in [-0.2, -0.15) is 0 Å². The summed E-state index contributed by atoms with van der Waals surface area (Å²) in [4.78, 5) is 6.70. The van der Waals surface area contributed by atoms with Gasteiger partial charge in [0.05, 0.1) is 12.3 Å². The van der Waals surface area contributed by atoms with Gasteiger partial charge in [0.1, 0.15) is 0 Å². The first-order valence-corrected chi connectivity index (χ1v) is 6.54. The number of hydrogen-bond donors (Lipinski definition) is 1. The number of pyridine rings is 1. The minimum atomic E-state index is 0.260. The van der Waals surface area contributed by atoms with Crippen LogP contribution in [-0.2, 0) is 6.54 Å². The molecule has 0 aromatic carbocycles. The van der Waals surface area contributed by atoms with Crippen LogP contribution in [0.1, 0.15) is 25.0 Å². The Morgan fingerprint density at radius 3 is 3.00 bits per heavy atom. The predicted octanol–water partition coefficient (Wildman–Crippen LogP) is 2.19. The van der Waals surface area contributed by atoms with E-state index in [0.29, 0.717) is 6.04 Å². The number of piperidine rings is 1. The van der Waals surface area contributed by atoms with Crippen molar-refractivity contribution < 1.29 is 5.11 Å². The maximum absolute atomic E-state index is 9.31. The van der Waals surface area contributed by atoms with E-state index in [1.54, 1.807) is 0 Å². The molecule has 1 aliphatic rings. The molecule has 1 aliphatic heterocycles. The smallest absolute Gasteiger partial charge is 0.0587 e. The van der Waals surface area contributed by atoms with Crippen molar-refractivity contribution in [2.75, 3.05) is 13.2 Å². The molecule has 0 radical (unpaired) electrons. The van der Waals surface area contributed by atoms with E-state index in [9.17, 15) is 5.11 Å². The summed E-state index contributed by atoms with van der Waals surface area (Å²) in [6.07, 6.45) is 5.39. The molecule has 1 fully saturated rings.